The summed E-state index contributed by atoms with van der Waals surface area (Å²) < 4.78 is 6.28. The third-order valence-corrected chi connectivity index (χ3v) is 2.88. The summed E-state index contributed by atoms with van der Waals surface area (Å²) in [5.41, 5.74) is 0.775. The number of halogens is 1. The van der Waals surface area contributed by atoms with Crippen LogP contribution in [0, 0.1) is 0 Å². The smallest absolute Gasteiger partial charge is 0.371 e. The number of aliphatic carboxylic acids is 1. The highest BCUT2D eigenvalue weighted by molar-refractivity contribution is 9.10. The molecule has 0 fully saturated rings. The van der Waals surface area contributed by atoms with E-state index in [1.807, 2.05) is 30.3 Å². The third-order valence-electron chi connectivity index (χ3n) is 2.35. The molecule has 0 saturated carbocycles. The van der Waals surface area contributed by atoms with Gasteiger partial charge in [0.05, 0.1) is 0 Å². The van der Waals surface area contributed by atoms with Crippen LogP contribution in [0.25, 0.3) is 6.08 Å². The number of rotatable bonds is 4. The molecule has 0 spiro atoms. The summed E-state index contributed by atoms with van der Waals surface area (Å²) in [4.78, 5) is 11.2. The Morgan fingerprint density at radius 3 is 2.26 bits per heavy atom. The largest absolute Gasteiger partial charge is 0.475 e. The summed E-state index contributed by atoms with van der Waals surface area (Å²) in [5, 5.41) is 9.15. The predicted molar refractivity (Wildman–Crippen MR) is 76.8 cm³/mol. The Labute approximate surface area is 119 Å². The SMILES string of the molecule is O=C(O)C(=Cc1ccccc1)Oc1ccc(Br)cc1. The van der Waals surface area contributed by atoms with Crippen molar-refractivity contribution in [2.75, 3.05) is 0 Å². The van der Waals surface area contributed by atoms with Crippen LogP contribution >= 0.6 is 15.9 Å². The summed E-state index contributed by atoms with van der Waals surface area (Å²) in [7, 11) is 0. The van der Waals surface area contributed by atoms with Gasteiger partial charge in [0, 0.05) is 4.47 Å². The van der Waals surface area contributed by atoms with Gasteiger partial charge in [-0.15, -0.1) is 0 Å². The van der Waals surface area contributed by atoms with E-state index in [1.165, 1.54) is 6.08 Å². The first-order chi connectivity index (χ1) is 9.15. The summed E-state index contributed by atoms with van der Waals surface area (Å²) in [5.74, 6) is -0.743. The van der Waals surface area contributed by atoms with Crippen LogP contribution in [0.2, 0.25) is 0 Å². The summed E-state index contributed by atoms with van der Waals surface area (Å²) >= 11 is 3.31. The zero-order valence-corrected chi connectivity index (χ0v) is 11.5. The maximum atomic E-state index is 11.2. The van der Waals surface area contributed by atoms with Crippen molar-refractivity contribution in [1.82, 2.24) is 0 Å². The van der Waals surface area contributed by atoms with E-state index >= 15 is 0 Å². The molecule has 0 aromatic heterocycles. The number of ether oxygens (including phenoxy) is 1. The van der Waals surface area contributed by atoms with Gasteiger partial charge < -0.3 is 9.84 Å². The van der Waals surface area contributed by atoms with Crippen LogP contribution in [0.1, 0.15) is 5.56 Å². The van der Waals surface area contributed by atoms with Crippen LogP contribution in [-0.4, -0.2) is 11.1 Å². The van der Waals surface area contributed by atoms with Crippen molar-refractivity contribution in [1.29, 1.82) is 0 Å². The number of hydrogen-bond acceptors (Lipinski definition) is 2. The molecule has 0 aliphatic carbocycles. The molecule has 0 heterocycles. The van der Waals surface area contributed by atoms with Crippen molar-refractivity contribution in [3.05, 3.63) is 70.4 Å². The van der Waals surface area contributed by atoms with Gasteiger partial charge in [-0.1, -0.05) is 46.3 Å². The predicted octanol–water partition coefficient (Wildman–Crippen LogP) is 3.95. The van der Waals surface area contributed by atoms with Crippen molar-refractivity contribution in [2.45, 2.75) is 0 Å². The zero-order valence-electron chi connectivity index (χ0n) is 9.92. The minimum atomic E-state index is -1.10. The molecule has 0 radical (unpaired) electrons. The molecule has 0 bridgehead atoms. The molecule has 2 aromatic carbocycles. The molecule has 0 unspecified atom stereocenters. The minimum absolute atomic E-state index is 0.117. The van der Waals surface area contributed by atoms with E-state index in [0.717, 1.165) is 10.0 Å². The van der Waals surface area contributed by atoms with E-state index < -0.39 is 5.97 Å². The first-order valence-corrected chi connectivity index (χ1v) is 6.38. The number of benzene rings is 2. The van der Waals surface area contributed by atoms with Crippen LogP contribution in [0.4, 0.5) is 0 Å². The van der Waals surface area contributed by atoms with Crippen LogP contribution in [0.3, 0.4) is 0 Å². The van der Waals surface area contributed by atoms with Gasteiger partial charge in [0.25, 0.3) is 0 Å². The summed E-state index contributed by atoms with van der Waals surface area (Å²) in [6, 6.07) is 16.2. The van der Waals surface area contributed by atoms with E-state index in [2.05, 4.69) is 15.9 Å². The van der Waals surface area contributed by atoms with Crippen molar-refractivity contribution in [3.8, 4) is 5.75 Å². The second-order valence-electron chi connectivity index (χ2n) is 3.78. The molecule has 96 valence electrons. The fourth-order valence-electron chi connectivity index (χ4n) is 1.47. The Bertz CT molecular complexity index is 589. The van der Waals surface area contributed by atoms with E-state index in [9.17, 15) is 4.79 Å². The Morgan fingerprint density at radius 2 is 1.68 bits per heavy atom. The van der Waals surface area contributed by atoms with Crippen molar-refractivity contribution < 1.29 is 14.6 Å². The third kappa shape index (κ3) is 3.96. The number of carboxylic acids is 1. The summed E-state index contributed by atoms with van der Waals surface area (Å²) in [6.07, 6.45) is 1.49. The van der Waals surface area contributed by atoms with Gasteiger partial charge in [-0.05, 0) is 35.9 Å². The quantitative estimate of drug-likeness (QED) is 0.685. The molecular weight excluding hydrogens is 308 g/mol. The Hall–Kier alpha value is -2.07. The average Bonchev–Trinajstić information content (AvgIpc) is 2.41. The minimum Gasteiger partial charge on any atom is -0.475 e. The van der Waals surface area contributed by atoms with E-state index in [-0.39, 0.29) is 5.76 Å². The fourth-order valence-corrected chi connectivity index (χ4v) is 1.73. The molecule has 19 heavy (non-hydrogen) atoms. The molecule has 0 aliphatic rings. The molecule has 2 rings (SSSR count). The van der Waals surface area contributed by atoms with Gasteiger partial charge >= 0.3 is 5.97 Å². The van der Waals surface area contributed by atoms with Crippen molar-refractivity contribution in [2.24, 2.45) is 0 Å². The lowest BCUT2D eigenvalue weighted by Gasteiger charge is -2.06. The van der Waals surface area contributed by atoms with Gasteiger partial charge in [-0.2, -0.15) is 0 Å². The highest BCUT2D eigenvalue weighted by Gasteiger charge is 2.10. The van der Waals surface area contributed by atoms with Gasteiger partial charge in [0.15, 0.2) is 0 Å². The maximum absolute atomic E-state index is 11.2. The molecule has 1 N–H and O–H groups in total. The molecule has 0 atom stereocenters. The molecular formula is C15H11BrO3. The van der Waals surface area contributed by atoms with Gasteiger partial charge in [0.2, 0.25) is 5.76 Å². The topological polar surface area (TPSA) is 46.5 Å². The van der Waals surface area contributed by atoms with Gasteiger partial charge in [-0.3, -0.25) is 0 Å². The normalized spacial score (nSPS) is 11.1. The fraction of sp³-hybridized carbons (Fsp3) is 0. The van der Waals surface area contributed by atoms with Crippen molar-refractivity contribution >= 4 is 28.0 Å². The Kier molecular flexibility index (Phi) is 4.36. The lowest BCUT2D eigenvalue weighted by molar-refractivity contribution is -0.134. The number of carboxylic acid groups (broad SMARTS) is 1. The van der Waals surface area contributed by atoms with Crippen LogP contribution in [0.5, 0.6) is 5.75 Å². The Morgan fingerprint density at radius 1 is 1.05 bits per heavy atom. The van der Waals surface area contributed by atoms with Crippen molar-refractivity contribution in [3.63, 3.8) is 0 Å². The first kappa shape index (κ1) is 13.4. The number of carbonyl (C=O) groups is 1. The molecule has 0 amide bonds. The second-order valence-corrected chi connectivity index (χ2v) is 4.70. The molecule has 0 aliphatic heterocycles. The monoisotopic (exact) mass is 318 g/mol. The maximum Gasteiger partial charge on any atom is 0.371 e. The number of hydrogen-bond donors (Lipinski definition) is 1. The summed E-state index contributed by atoms with van der Waals surface area (Å²) in [6.45, 7) is 0. The van der Waals surface area contributed by atoms with Gasteiger partial charge in [0.1, 0.15) is 5.75 Å². The molecule has 2 aromatic rings. The van der Waals surface area contributed by atoms with Gasteiger partial charge in [-0.25, -0.2) is 4.79 Å². The van der Waals surface area contributed by atoms with Crippen LogP contribution in [-0.2, 0) is 4.79 Å². The zero-order chi connectivity index (χ0) is 13.7. The molecule has 4 heteroatoms. The second kappa shape index (κ2) is 6.20. The van der Waals surface area contributed by atoms with E-state index in [0.29, 0.717) is 5.75 Å². The molecule has 3 nitrogen and oxygen atoms in total. The Balaban J connectivity index is 2.24. The first-order valence-electron chi connectivity index (χ1n) is 5.58. The average molecular weight is 319 g/mol. The lowest BCUT2D eigenvalue weighted by Crippen LogP contribution is -2.07. The van der Waals surface area contributed by atoms with Crippen LogP contribution < -0.4 is 4.74 Å². The lowest BCUT2D eigenvalue weighted by atomic mass is 10.2. The van der Waals surface area contributed by atoms with Crippen LogP contribution in [0.15, 0.2) is 64.8 Å². The van der Waals surface area contributed by atoms with E-state index in [1.54, 1.807) is 24.3 Å². The highest BCUT2D eigenvalue weighted by atomic mass is 79.9. The standard InChI is InChI=1S/C15H11BrO3/c16-12-6-8-13(9-7-12)19-14(15(17)18)10-11-4-2-1-3-5-11/h1-10H,(H,17,18). The molecule has 0 saturated heterocycles. The highest BCUT2D eigenvalue weighted by Crippen LogP contribution is 2.19. The van der Waals surface area contributed by atoms with E-state index in [4.69, 9.17) is 9.84 Å².